The van der Waals surface area contributed by atoms with E-state index < -0.39 is 0 Å². The predicted octanol–water partition coefficient (Wildman–Crippen LogP) is 3.47. The second-order valence-corrected chi connectivity index (χ2v) is 5.84. The highest BCUT2D eigenvalue weighted by molar-refractivity contribution is 14.0. The van der Waals surface area contributed by atoms with Crippen molar-refractivity contribution >= 4 is 29.9 Å². The molecule has 138 valence electrons. The molecule has 0 bridgehead atoms. The molecular formula is C19H30IN5. The molecule has 0 amide bonds. The number of nitrogens with zero attached hydrogens (tertiary/aromatic N) is 3. The third-order valence-corrected chi connectivity index (χ3v) is 3.92. The summed E-state index contributed by atoms with van der Waals surface area (Å²) in [4.78, 5) is 4.26. The van der Waals surface area contributed by atoms with Crippen LogP contribution >= 0.6 is 24.0 Å². The Hall–Kier alpha value is -1.57. The summed E-state index contributed by atoms with van der Waals surface area (Å²) in [5.74, 6) is 0.888. The maximum atomic E-state index is 4.26. The lowest BCUT2D eigenvalue weighted by atomic mass is 10.1. The van der Waals surface area contributed by atoms with Crippen molar-refractivity contribution in [3.8, 4) is 0 Å². The third-order valence-electron chi connectivity index (χ3n) is 3.92. The zero-order valence-electron chi connectivity index (χ0n) is 15.0. The van der Waals surface area contributed by atoms with Crippen LogP contribution in [0.2, 0.25) is 0 Å². The summed E-state index contributed by atoms with van der Waals surface area (Å²) in [6, 6.07) is 12.6. The summed E-state index contributed by atoms with van der Waals surface area (Å²) >= 11 is 0. The molecule has 2 rings (SSSR count). The molecule has 0 radical (unpaired) electrons. The molecule has 6 heteroatoms. The molecule has 0 spiro atoms. The van der Waals surface area contributed by atoms with E-state index in [1.54, 1.807) is 0 Å². The lowest BCUT2D eigenvalue weighted by Crippen LogP contribution is -2.38. The van der Waals surface area contributed by atoms with Crippen molar-refractivity contribution in [3.05, 3.63) is 54.4 Å². The number of aromatic nitrogens is 2. The second kappa shape index (κ2) is 13.7. The fourth-order valence-electron chi connectivity index (χ4n) is 2.58. The minimum atomic E-state index is 0. The molecule has 25 heavy (non-hydrogen) atoms. The lowest BCUT2D eigenvalue weighted by Gasteiger charge is -2.11. The van der Waals surface area contributed by atoms with E-state index in [9.17, 15) is 0 Å². The van der Waals surface area contributed by atoms with E-state index in [-0.39, 0.29) is 24.0 Å². The highest BCUT2D eigenvalue weighted by Gasteiger charge is 1.98. The number of guanidine groups is 1. The molecule has 0 aliphatic carbocycles. The summed E-state index contributed by atoms with van der Waals surface area (Å²) in [6.07, 6.45) is 9.63. The van der Waals surface area contributed by atoms with E-state index in [0.717, 1.165) is 32.0 Å². The van der Waals surface area contributed by atoms with Gasteiger partial charge >= 0.3 is 0 Å². The molecule has 0 unspecified atom stereocenters. The fraction of sp³-hybridized carbons (Fsp3) is 0.474. The Balaban J connectivity index is 0.00000312. The van der Waals surface area contributed by atoms with Gasteiger partial charge in [0.25, 0.3) is 0 Å². The average molecular weight is 455 g/mol. The number of aryl methyl sites for hydroxylation is 2. The number of rotatable bonds is 10. The Morgan fingerprint density at radius 1 is 1.00 bits per heavy atom. The fourth-order valence-corrected chi connectivity index (χ4v) is 2.58. The smallest absolute Gasteiger partial charge is 0.190 e. The van der Waals surface area contributed by atoms with Gasteiger partial charge in [-0.2, -0.15) is 5.10 Å². The zero-order valence-corrected chi connectivity index (χ0v) is 17.4. The minimum Gasteiger partial charge on any atom is -0.356 e. The summed E-state index contributed by atoms with van der Waals surface area (Å²) in [5, 5.41) is 10.9. The van der Waals surface area contributed by atoms with Crippen LogP contribution in [0.15, 0.2) is 53.8 Å². The Morgan fingerprint density at radius 2 is 1.76 bits per heavy atom. The number of hydrogen-bond acceptors (Lipinski definition) is 2. The Kier molecular flexibility index (Phi) is 11.8. The van der Waals surface area contributed by atoms with Gasteiger partial charge < -0.3 is 10.6 Å². The first kappa shape index (κ1) is 21.5. The summed E-state index contributed by atoms with van der Waals surface area (Å²) in [7, 11) is 1.82. The van der Waals surface area contributed by atoms with Crippen LogP contribution in [-0.4, -0.2) is 35.9 Å². The largest absolute Gasteiger partial charge is 0.356 e. The van der Waals surface area contributed by atoms with E-state index in [1.165, 1.54) is 31.2 Å². The molecule has 0 aliphatic rings. The molecule has 0 aliphatic heterocycles. The Bertz CT molecular complexity index is 569. The van der Waals surface area contributed by atoms with Gasteiger partial charge in [-0.25, -0.2) is 0 Å². The van der Waals surface area contributed by atoms with E-state index >= 15 is 0 Å². The highest BCUT2D eigenvalue weighted by Crippen LogP contribution is 2.05. The molecule has 0 saturated carbocycles. The van der Waals surface area contributed by atoms with Crippen molar-refractivity contribution in [2.45, 2.75) is 38.6 Å². The van der Waals surface area contributed by atoms with Crippen LogP contribution in [0.1, 0.15) is 31.2 Å². The number of unbranched alkanes of at least 4 members (excludes halogenated alkanes) is 2. The number of hydrogen-bond donors (Lipinski definition) is 2. The van der Waals surface area contributed by atoms with Gasteiger partial charge in [-0.3, -0.25) is 9.67 Å². The van der Waals surface area contributed by atoms with Crippen molar-refractivity contribution in [2.24, 2.45) is 4.99 Å². The Labute approximate surface area is 168 Å². The van der Waals surface area contributed by atoms with Crippen molar-refractivity contribution in [3.63, 3.8) is 0 Å². The maximum Gasteiger partial charge on any atom is 0.190 e. The molecule has 1 heterocycles. The number of halogens is 1. The molecule has 1 aromatic carbocycles. The van der Waals surface area contributed by atoms with Gasteiger partial charge in [-0.05, 0) is 37.3 Å². The summed E-state index contributed by atoms with van der Waals surface area (Å²) in [6.45, 7) is 2.79. The van der Waals surface area contributed by atoms with Crippen LogP contribution in [0, 0.1) is 0 Å². The second-order valence-electron chi connectivity index (χ2n) is 5.84. The SMILES string of the molecule is CN=C(NCCCCCc1ccccc1)NCCCn1cccn1.I. The van der Waals surface area contributed by atoms with Gasteiger partial charge in [-0.15, -0.1) is 24.0 Å². The first-order valence-electron chi connectivity index (χ1n) is 8.84. The van der Waals surface area contributed by atoms with Crippen LogP contribution in [0.3, 0.4) is 0 Å². The molecule has 2 aromatic rings. The number of nitrogens with one attached hydrogen (secondary N) is 2. The van der Waals surface area contributed by atoms with Crippen LogP contribution in [0.5, 0.6) is 0 Å². The van der Waals surface area contributed by atoms with Crippen LogP contribution in [-0.2, 0) is 13.0 Å². The molecular weight excluding hydrogens is 425 g/mol. The van der Waals surface area contributed by atoms with Gasteiger partial charge in [-0.1, -0.05) is 36.8 Å². The van der Waals surface area contributed by atoms with Crippen molar-refractivity contribution in [1.29, 1.82) is 0 Å². The topological polar surface area (TPSA) is 54.2 Å². The third kappa shape index (κ3) is 9.48. The molecule has 2 N–H and O–H groups in total. The maximum absolute atomic E-state index is 4.26. The monoisotopic (exact) mass is 455 g/mol. The molecule has 5 nitrogen and oxygen atoms in total. The van der Waals surface area contributed by atoms with Gasteiger partial charge in [0.15, 0.2) is 5.96 Å². The quantitative estimate of drug-likeness (QED) is 0.250. The molecule has 0 fully saturated rings. The van der Waals surface area contributed by atoms with Crippen LogP contribution in [0.25, 0.3) is 0 Å². The van der Waals surface area contributed by atoms with Crippen LogP contribution in [0.4, 0.5) is 0 Å². The van der Waals surface area contributed by atoms with E-state index in [2.05, 4.69) is 51.1 Å². The van der Waals surface area contributed by atoms with Gasteiger partial charge in [0.1, 0.15) is 0 Å². The van der Waals surface area contributed by atoms with Crippen molar-refractivity contribution in [1.82, 2.24) is 20.4 Å². The van der Waals surface area contributed by atoms with E-state index in [1.807, 2.05) is 30.2 Å². The first-order chi connectivity index (χ1) is 11.9. The average Bonchev–Trinajstić information content (AvgIpc) is 3.14. The normalized spacial score (nSPS) is 11.0. The lowest BCUT2D eigenvalue weighted by molar-refractivity contribution is 0.569. The van der Waals surface area contributed by atoms with Crippen molar-refractivity contribution in [2.75, 3.05) is 20.1 Å². The highest BCUT2D eigenvalue weighted by atomic mass is 127. The summed E-state index contributed by atoms with van der Waals surface area (Å²) < 4.78 is 1.95. The van der Waals surface area contributed by atoms with E-state index in [4.69, 9.17) is 0 Å². The number of aliphatic imine (C=N–C) groups is 1. The molecule has 1 aromatic heterocycles. The van der Waals surface area contributed by atoms with Gasteiger partial charge in [0.2, 0.25) is 0 Å². The Morgan fingerprint density at radius 3 is 2.44 bits per heavy atom. The van der Waals surface area contributed by atoms with Gasteiger partial charge in [0, 0.05) is 39.1 Å². The van der Waals surface area contributed by atoms with Crippen LogP contribution < -0.4 is 10.6 Å². The van der Waals surface area contributed by atoms with E-state index in [0.29, 0.717) is 0 Å². The number of benzene rings is 1. The predicted molar refractivity (Wildman–Crippen MR) is 116 cm³/mol. The molecule has 0 saturated heterocycles. The van der Waals surface area contributed by atoms with Crippen molar-refractivity contribution < 1.29 is 0 Å². The summed E-state index contributed by atoms with van der Waals surface area (Å²) in [5.41, 5.74) is 1.43. The first-order valence-corrected chi connectivity index (χ1v) is 8.84. The molecule has 0 atom stereocenters. The minimum absolute atomic E-state index is 0. The standard InChI is InChI=1S/C19H29N5.HI/c1-20-19(22-14-8-16-24-17-9-15-23-24)21-13-7-3-6-12-18-10-4-2-5-11-18;/h2,4-5,9-11,15,17H,3,6-8,12-14,16H2,1H3,(H2,20,21,22);1H. The van der Waals surface area contributed by atoms with Gasteiger partial charge in [0.05, 0.1) is 0 Å². The zero-order chi connectivity index (χ0) is 16.9.